The van der Waals surface area contributed by atoms with Crippen LogP contribution in [0.1, 0.15) is 21.6 Å². The lowest BCUT2D eigenvalue weighted by Crippen LogP contribution is -2.13. The second-order valence-electron chi connectivity index (χ2n) is 4.91. The summed E-state index contributed by atoms with van der Waals surface area (Å²) in [6.45, 7) is 3.89. The number of amides is 1. The zero-order chi connectivity index (χ0) is 15.7. The molecular weight excluding hydrogens is 336 g/mol. The largest absolute Gasteiger partial charge is 0.319 e. The van der Waals surface area contributed by atoms with Crippen molar-refractivity contribution in [3.8, 4) is 9.88 Å². The van der Waals surface area contributed by atoms with E-state index in [1.165, 1.54) is 11.3 Å². The van der Waals surface area contributed by atoms with Gasteiger partial charge in [0.05, 0.1) is 15.6 Å². The van der Waals surface area contributed by atoms with Crippen molar-refractivity contribution in [2.24, 2.45) is 0 Å². The molecule has 0 saturated heterocycles. The summed E-state index contributed by atoms with van der Waals surface area (Å²) < 4.78 is 0. The Kier molecular flexibility index (Phi) is 4.29. The molecule has 1 amide bonds. The molecule has 2 aromatic heterocycles. The Hall–Kier alpha value is -1.69. The smallest absolute Gasteiger partial charge is 0.275 e. The number of nitrogens with zero attached hydrogens (tertiary/aromatic N) is 1. The third-order valence-electron chi connectivity index (χ3n) is 3.14. The fraction of sp³-hybridized carbons (Fsp3) is 0.125. The van der Waals surface area contributed by atoms with Crippen LogP contribution in [0.2, 0.25) is 5.02 Å². The third-order valence-corrected chi connectivity index (χ3v) is 5.32. The number of rotatable bonds is 3. The maximum Gasteiger partial charge on any atom is 0.275 e. The maximum absolute atomic E-state index is 12.4. The average Bonchev–Trinajstić information content (AvgIpc) is 3.12. The molecule has 0 aliphatic carbocycles. The molecule has 0 bridgehead atoms. The number of anilines is 1. The van der Waals surface area contributed by atoms with E-state index >= 15 is 0 Å². The summed E-state index contributed by atoms with van der Waals surface area (Å²) in [5.41, 5.74) is 3.05. The van der Waals surface area contributed by atoms with Crippen molar-refractivity contribution < 1.29 is 4.79 Å². The predicted molar refractivity (Wildman–Crippen MR) is 94.3 cm³/mol. The van der Waals surface area contributed by atoms with Crippen LogP contribution >= 0.6 is 34.3 Å². The number of thiazole rings is 1. The summed E-state index contributed by atoms with van der Waals surface area (Å²) in [6, 6.07) is 7.78. The molecule has 2 heterocycles. The first-order valence-electron chi connectivity index (χ1n) is 6.62. The van der Waals surface area contributed by atoms with Gasteiger partial charge in [-0.2, -0.15) is 0 Å². The molecule has 0 fully saturated rings. The zero-order valence-corrected chi connectivity index (χ0v) is 14.4. The Morgan fingerprint density at radius 2 is 2.09 bits per heavy atom. The molecule has 6 heteroatoms. The molecule has 0 radical (unpaired) electrons. The fourth-order valence-electron chi connectivity index (χ4n) is 2.14. The summed E-state index contributed by atoms with van der Waals surface area (Å²) in [7, 11) is 0. The minimum absolute atomic E-state index is 0.243. The molecule has 0 saturated carbocycles. The van der Waals surface area contributed by atoms with Gasteiger partial charge in [0.15, 0.2) is 0 Å². The Bertz CT molecular complexity index is 802. The number of aromatic nitrogens is 1. The Morgan fingerprint density at radius 1 is 1.27 bits per heavy atom. The number of thiophene rings is 1. The molecule has 22 heavy (non-hydrogen) atoms. The molecule has 1 aromatic carbocycles. The Balaban J connectivity index is 1.84. The molecule has 3 rings (SSSR count). The van der Waals surface area contributed by atoms with Crippen LogP contribution in [0.4, 0.5) is 5.69 Å². The van der Waals surface area contributed by atoms with Crippen molar-refractivity contribution in [3.63, 3.8) is 0 Å². The lowest BCUT2D eigenvalue weighted by atomic mass is 10.1. The van der Waals surface area contributed by atoms with E-state index < -0.39 is 0 Å². The molecule has 0 unspecified atom stereocenters. The highest BCUT2D eigenvalue weighted by molar-refractivity contribution is 7.20. The van der Waals surface area contributed by atoms with E-state index in [0.29, 0.717) is 16.4 Å². The Morgan fingerprint density at radius 3 is 2.77 bits per heavy atom. The molecule has 1 N–H and O–H groups in total. The lowest BCUT2D eigenvalue weighted by molar-refractivity contribution is 0.102. The van der Waals surface area contributed by atoms with Crippen LogP contribution in [0.3, 0.4) is 0 Å². The first-order chi connectivity index (χ1) is 10.5. The molecule has 0 aliphatic rings. The average molecular weight is 349 g/mol. The molecule has 3 aromatic rings. The zero-order valence-electron chi connectivity index (χ0n) is 12.0. The number of hydrogen-bond donors (Lipinski definition) is 1. The second-order valence-corrected chi connectivity index (χ2v) is 7.12. The first-order valence-corrected chi connectivity index (χ1v) is 8.76. The molecule has 3 nitrogen and oxygen atoms in total. The van der Waals surface area contributed by atoms with E-state index in [2.05, 4.69) is 10.3 Å². The fourth-order valence-corrected chi connectivity index (χ4v) is 4.13. The third kappa shape index (κ3) is 3.06. The number of nitrogens with one attached hydrogen (secondary N) is 1. The highest BCUT2D eigenvalue weighted by atomic mass is 35.5. The van der Waals surface area contributed by atoms with Crippen LogP contribution in [0.5, 0.6) is 0 Å². The van der Waals surface area contributed by atoms with Crippen LogP contribution in [-0.2, 0) is 0 Å². The van der Waals surface area contributed by atoms with Crippen molar-refractivity contribution in [2.75, 3.05) is 5.32 Å². The SMILES string of the molecule is Cc1cc(C)c(NC(=O)c2csc(-c3cccs3)n2)c(Cl)c1. The number of benzene rings is 1. The van der Waals surface area contributed by atoms with E-state index in [9.17, 15) is 4.79 Å². The number of halogens is 1. The van der Waals surface area contributed by atoms with Crippen LogP contribution < -0.4 is 5.32 Å². The second kappa shape index (κ2) is 6.20. The van der Waals surface area contributed by atoms with Gasteiger partial charge >= 0.3 is 0 Å². The standard InChI is InChI=1S/C16H13ClN2OS2/c1-9-6-10(2)14(11(17)7-9)19-15(20)12-8-22-16(18-12)13-4-3-5-21-13/h3-8H,1-2H3,(H,19,20). The number of hydrogen-bond acceptors (Lipinski definition) is 4. The van der Waals surface area contributed by atoms with E-state index in [1.54, 1.807) is 16.7 Å². The molecular formula is C16H13ClN2OS2. The molecule has 0 atom stereocenters. The molecule has 0 aliphatic heterocycles. The minimum Gasteiger partial charge on any atom is -0.319 e. The van der Waals surface area contributed by atoms with Gasteiger partial charge in [0.1, 0.15) is 10.7 Å². The lowest BCUT2D eigenvalue weighted by Gasteiger charge is -2.10. The van der Waals surface area contributed by atoms with Crippen LogP contribution in [0.25, 0.3) is 9.88 Å². The van der Waals surface area contributed by atoms with Crippen LogP contribution in [0, 0.1) is 13.8 Å². The topological polar surface area (TPSA) is 42.0 Å². The normalized spacial score (nSPS) is 10.7. The van der Waals surface area contributed by atoms with E-state index in [1.807, 2.05) is 43.5 Å². The van der Waals surface area contributed by atoms with Gasteiger partial charge in [-0.25, -0.2) is 4.98 Å². The molecule has 112 valence electrons. The van der Waals surface area contributed by atoms with E-state index in [0.717, 1.165) is 21.0 Å². The van der Waals surface area contributed by atoms with Crippen LogP contribution in [0.15, 0.2) is 35.0 Å². The summed E-state index contributed by atoms with van der Waals surface area (Å²) in [5.74, 6) is -0.243. The maximum atomic E-state index is 12.4. The first kappa shape index (κ1) is 15.2. The summed E-state index contributed by atoms with van der Waals surface area (Å²) in [6.07, 6.45) is 0. The van der Waals surface area contributed by atoms with Crippen molar-refractivity contribution in [2.45, 2.75) is 13.8 Å². The predicted octanol–water partition coefficient (Wildman–Crippen LogP) is 5.39. The minimum atomic E-state index is -0.243. The monoisotopic (exact) mass is 348 g/mol. The summed E-state index contributed by atoms with van der Waals surface area (Å²) in [4.78, 5) is 17.8. The highest BCUT2D eigenvalue weighted by Gasteiger charge is 2.15. The van der Waals surface area contributed by atoms with E-state index in [-0.39, 0.29) is 5.91 Å². The summed E-state index contributed by atoms with van der Waals surface area (Å²) >= 11 is 9.29. The van der Waals surface area contributed by atoms with Gasteiger partial charge in [-0.3, -0.25) is 4.79 Å². The number of carbonyl (C=O) groups is 1. The Labute approximate surface area is 141 Å². The van der Waals surface area contributed by atoms with Crippen molar-refractivity contribution >= 4 is 45.9 Å². The van der Waals surface area contributed by atoms with Gasteiger partial charge in [-0.1, -0.05) is 23.7 Å². The van der Waals surface area contributed by atoms with Crippen molar-refractivity contribution in [3.05, 3.63) is 56.9 Å². The van der Waals surface area contributed by atoms with Gasteiger partial charge in [0.25, 0.3) is 5.91 Å². The quantitative estimate of drug-likeness (QED) is 0.689. The summed E-state index contributed by atoms with van der Waals surface area (Å²) in [5, 5.41) is 8.01. The van der Waals surface area contributed by atoms with Gasteiger partial charge in [-0.15, -0.1) is 22.7 Å². The van der Waals surface area contributed by atoms with E-state index in [4.69, 9.17) is 11.6 Å². The van der Waals surface area contributed by atoms with Crippen molar-refractivity contribution in [1.29, 1.82) is 0 Å². The molecule has 0 spiro atoms. The van der Waals surface area contributed by atoms with Gasteiger partial charge < -0.3 is 5.32 Å². The van der Waals surface area contributed by atoms with Gasteiger partial charge in [0.2, 0.25) is 0 Å². The van der Waals surface area contributed by atoms with Crippen LogP contribution in [-0.4, -0.2) is 10.9 Å². The van der Waals surface area contributed by atoms with Crippen molar-refractivity contribution in [1.82, 2.24) is 4.98 Å². The highest BCUT2D eigenvalue weighted by Crippen LogP contribution is 2.30. The number of carbonyl (C=O) groups excluding carboxylic acids is 1. The number of aryl methyl sites for hydroxylation is 2. The van der Waals surface area contributed by atoms with Gasteiger partial charge in [0, 0.05) is 5.38 Å². The van der Waals surface area contributed by atoms with Gasteiger partial charge in [-0.05, 0) is 42.5 Å².